The van der Waals surface area contributed by atoms with Crippen LogP contribution in [-0.4, -0.2) is 25.0 Å². The Kier molecular flexibility index (Phi) is 9.94. The lowest BCUT2D eigenvalue weighted by Crippen LogP contribution is -2.17. The molecular weight excluding hydrogens is 547 g/mol. The van der Waals surface area contributed by atoms with Crippen molar-refractivity contribution in [2.24, 2.45) is 5.10 Å². The second-order valence-corrected chi connectivity index (χ2v) is 9.63. The zero-order chi connectivity index (χ0) is 23.6. The summed E-state index contributed by atoms with van der Waals surface area (Å²) in [5, 5.41) is 5.14. The van der Waals surface area contributed by atoms with Crippen LogP contribution in [0.5, 0.6) is 11.5 Å². The number of thioether (sulfide) groups is 1. The zero-order valence-electron chi connectivity index (χ0n) is 17.7. The molecule has 0 bridgehead atoms. The van der Waals surface area contributed by atoms with Gasteiger partial charge < -0.3 is 9.47 Å². The van der Waals surface area contributed by atoms with Crippen molar-refractivity contribution < 1.29 is 14.3 Å². The van der Waals surface area contributed by atoms with Crippen LogP contribution in [0.15, 0.2) is 75.1 Å². The van der Waals surface area contributed by atoms with E-state index in [-0.39, 0.29) is 12.5 Å². The van der Waals surface area contributed by atoms with Crippen molar-refractivity contribution >= 4 is 63.0 Å². The Bertz CT molecular complexity index is 1130. The van der Waals surface area contributed by atoms with Crippen LogP contribution < -0.4 is 14.9 Å². The average molecular weight is 568 g/mol. The van der Waals surface area contributed by atoms with Gasteiger partial charge in [0, 0.05) is 32.7 Å². The minimum atomic E-state index is -0.152. The third-order valence-electron chi connectivity index (χ3n) is 4.38. The Hall–Kier alpha value is -2.19. The molecule has 33 heavy (non-hydrogen) atoms. The first-order valence-electron chi connectivity index (χ1n) is 9.90. The molecule has 3 aromatic carbocycles. The van der Waals surface area contributed by atoms with Crippen LogP contribution in [-0.2, 0) is 11.4 Å². The largest absolute Gasteiger partial charge is 0.493 e. The number of hydrogen-bond acceptors (Lipinski definition) is 5. The molecule has 0 fully saturated rings. The second kappa shape index (κ2) is 12.9. The van der Waals surface area contributed by atoms with E-state index in [0.29, 0.717) is 38.2 Å². The fourth-order valence-corrected chi connectivity index (χ4v) is 4.67. The number of ether oxygens (including phenoxy) is 2. The molecular formula is C24H21BrCl2N2O3S. The predicted molar refractivity (Wildman–Crippen MR) is 139 cm³/mol. The molecule has 9 heteroatoms. The number of rotatable bonds is 10. The van der Waals surface area contributed by atoms with Crippen molar-refractivity contribution in [3.05, 3.63) is 86.3 Å². The zero-order valence-corrected chi connectivity index (χ0v) is 21.6. The summed E-state index contributed by atoms with van der Waals surface area (Å²) in [6.07, 6.45) is 1.92. The van der Waals surface area contributed by atoms with E-state index in [1.807, 2.05) is 42.5 Å². The van der Waals surface area contributed by atoms with Crippen molar-refractivity contribution in [3.63, 3.8) is 0 Å². The first-order chi connectivity index (χ1) is 16.0. The highest BCUT2D eigenvalue weighted by atomic mass is 79.9. The average Bonchev–Trinajstić information content (AvgIpc) is 2.80. The summed E-state index contributed by atoms with van der Waals surface area (Å²) in [4.78, 5) is 13.2. The van der Waals surface area contributed by atoms with Gasteiger partial charge in [0.25, 0.3) is 0 Å². The van der Waals surface area contributed by atoms with Crippen LogP contribution in [0.3, 0.4) is 0 Å². The molecule has 172 valence electrons. The Balaban J connectivity index is 1.55. The summed E-state index contributed by atoms with van der Waals surface area (Å²) >= 11 is 17.3. The molecule has 3 rings (SSSR count). The Labute approximate surface area is 215 Å². The van der Waals surface area contributed by atoms with Crippen LogP contribution >= 0.6 is 50.9 Å². The van der Waals surface area contributed by atoms with E-state index in [4.69, 9.17) is 32.7 Å². The lowest BCUT2D eigenvalue weighted by Gasteiger charge is -2.14. The van der Waals surface area contributed by atoms with Crippen molar-refractivity contribution in [2.45, 2.75) is 17.9 Å². The minimum Gasteiger partial charge on any atom is -0.493 e. The van der Waals surface area contributed by atoms with E-state index in [1.165, 1.54) is 0 Å². The van der Waals surface area contributed by atoms with Gasteiger partial charge >= 0.3 is 0 Å². The number of hydrogen-bond donors (Lipinski definition) is 1. The van der Waals surface area contributed by atoms with Gasteiger partial charge in [-0.15, -0.1) is 11.8 Å². The van der Waals surface area contributed by atoms with Gasteiger partial charge in [-0.2, -0.15) is 5.10 Å². The van der Waals surface area contributed by atoms with E-state index in [1.54, 1.807) is 43.3 Å². The topological polar surface area (TPSA) is 59.9 Å². The molecule has 0 saturated heterocycles. The molecule has 1 amide bonds. The van der Waals surface area contributed by atoms with E-state index >= 15 is 0 Å². The van der Waals surface area contributed by atoms with Gasteiger partial charge in [-0.3, -0.25) is 4.79 Å². The van der Waals surface area contributed by atoms with Crippen LogP contribution in [0, 0.1) is 0 Å². The Morgan fingerprint density at radius 2 is 1.94 bits per heavy atom. The molecule has 0 saturated carbocycles. The van der Waals surface area contributed by atoms with Gasteiger partial charge in [-0.1, -0.05) is 47.5 Å². The van der Waals surface area contributed by atoms with Crippen LogP contribution in [0.4, 0.5) is 0 Å². The van der Waals surface area contributed by atoms with Gasteiger partial charge in [-0.25, -0.2) is 5.43 Å². The maximum atomic E-state index is 12.0. The lowest BCUT2D eigenvalue weighted by molar-refractivity contribution is -0.120. The van der Waals surface area contributed by atoms with E-state index < -0.39 is 0 Å². The van der Waals surface area contributed by atoms with Gasteiger partial charge in [0.05, 0.1) is 17.8 Å². The number of methoxy groups -OCH3 is 1. The number of benzene rings is 3. The third kappa shape index (κ3) is 7.96. The molecule has 0 radical (unpaired) electrons. The van der Waals surface area contributed by atoms with Crippen molar-refractivity contribution in [3.8, 4) is 11.5 Å². The molecule has 0 spiro atoms. The molecule has 0 aliphatic heterocycles. The highest BCUT2D eigenvalue weighted by molar-refractivity contribution is 9.10. The van der Waals surface area contributed by atoms with Crippen molar-refractivity contribution in [2.75, 3.05) is 12.9 Å². The first-order valence-corrected chi connectivity index (χ1v) is 12.4. The third-order valence-corrected chi connectivity index (χ3v) is 6.57. The van der Waals surface area contributed by atoms with E-state index in [2.05, 4.69) is 26.5 Å². The Morgan fingerprint density at radius 1 is 1.15 bits per heavy atom. The fraction of sp³-hybridized carbons (Fsp3) is 0.167. The Morgan fingerprint density at radius 3 is 2.67 bits per heavy atom. The molecule has 0 aromatic heterocycles. The molecule has 1 N–H and O–H groups in total. The van der Waals surface area contributed by atoms with Gasteiger partial charge in [-0.05, 0) is 57.9 Å². The quantitative estimate of drug-likeness (QED) is 0.163. The SMILES string of the molecule is COc1cc(/C=N\NC(=O)CCSc2ccccc2)cc(Br)c1OCc1ccc(Cl)cc1Cl. The molecule has 5 nitrogen and oxygen atoms in total. The van der Waals surface area contributed by atoms with Crippen molar-refractivity contribution in [1.82, 2.24) is 5.43 Å². The van der Waals surface area contributed by atoms with E-state index in [9.17, 15) is 4.79 Å². The minimum absolute atomic E-state index is 0.152. The van der Waals surface area contributed by atoms with Gasteiger partial charge in [0.1, 0.15) is 6.61 Å². The number of amides is 1. The summed E-state index contributed by atoms with van der Waals surface area (Å²) in [5.41, 5.74) is 4.08. The maximum absolute atomic E-state index is 12.0. The summed E-state index contributed by atoms with van der Waals surface area (Å²) in [5.74, 6) is 1.57. The molecule has 0 aliphatic rings. The highest BCUT2D eigenvalue weighted by Crippen LogP contribution is 2.37. The second-order valence-electron chi connectivity index (χ2n) is 6.76. The fourth-order valence-electron chi connectivity index (χ4n) is 2.76. The number of nitrogens with one attached hydrogen (secondary N) is 1. The number of nitrogens with zero attached hydrogens (tertiary/aromatic N) is 1. The molecule has 0 unspecified atom stereocenters. The van der Waals surface area contributed by atoms with E-state index in [0.717, 1.165) is 16.0 Å². The summed E-state index contributed by atoms with van der Waals surface area (Å²) in [6, 6.07) is 18.8. The summed E-state index contributed by atoms with van der Waals surface area (Å²) in [6.45, 7) is 0.245. The van der Waals surface area contributed by atoms with Crippen LogP contribution in [0.2, 0.25) is 10.0 Å². The molecule has 0 atom stereocenters. The maximum Gasteiger partial charge on any atom is 0.240 e. The molecule has 0 heterocycles. The van der Waals surface area contributed by atoms with Crippen LogP contribution in [0.25, 0.3) is 0 Å². The smallest absolute Gasteiger partial charge is 0.240 e. The van der Waals surface area contributed by atoms with Gasteiger partial charge in [0.15, 0.2) is 11.5 Å². The lowest BCUT2D eigenvalue weighted by atomic mass is 10.2. The normalized spacial score (nSPS) is 10.9. The first kappa shape index (κ1) is 25.4. The number of halogens is 3. The van der Waals surface area contributed by atoms with Crippen molar-refractivity contribution in [1.29, 1.82) is 0 Å². The standard InChI is InChI=1S/C24H21BrCl2N2O3S/c1-31-22-12-16(14-28-29-23(30)9-10-33-19-5-3-2-4-6-19)11-20(25)24(22)32-15-17-7-8-18(26)13-21(17)27/h2-8,11-14H,9-10,15H2,1H3,(H,29,30)/b28-14-. The summed E-state index contributed by atoms with van der Waals surface area (Å²) < 4.78 is 12.1. The van der Waals surface area contributed by atoms with Gasteiger partial charge in [0.2, 0.25) is 5.91 Å². The highest BCUT2D eigenvalue weighted by Gasteiger charge is 2.13. The number of carbonyl (C=O) groups is 1. The number of hydrazone groups is 1. The van der Waals surface area contributed by atoms with Crippen LogP contribution in [0.1, 0.15) is 17.5 Å². The molecule has 3 aromatic rings. The summed E-state index contributed by atoms with van der Waals surface area (Å²) in [7, 11) is 1.55. The number of carbonyl (C=O) groups excluding carboxylic acids is 1. The monoisotopic (exact) mass is 566 g/mol. The predicted octanol–water partition coefficient (Wildman–Crippen LogP) is 6.98. The molecule has 0 aliphatic carbocycles.